The number of aliphatic hydroxyl groups is 1. The molecule has 1 heteroatoms. The van der Waals surface area contributed by atoms with Crippen molar-refractivity contribution < 1.29 is 5.11 Å². The Bertz CT molecular complexity index is 86.6. The van der Waals surface area contributed by atoms with E-state index in [4.69, 9.17) is 0 Å². The number of hydrogen-bond acceptors (Lipinski definition) is 1. The molecule has 0 saturated heterocycles. The first-order chi connectivity index (χ1) is 4.22. The van der Waals surface area contributed by atoms with Crippen molar-refractivity contribution >= 4 is 0 Å². The molecule has 54 valence electrons. The SMILES string of the molecule is C=C(CC)C(O)CCC. The van der Waals surface area contributed by atoms with E-state index >= 15 is 0 Å². The van der Waals surface area contributed by atoms with Crippen LogP contribution in [0, 0.1) is 0 Å². The highest BCUT2D eigenvalue weighted by molar-refractivity contribution is 4.99. The molecule has 1 unspecified atom stereocenters. The zero-order valence-corrected chi connectivity index (χ0v) is 6.35. The van der Waals surface area contributed by atoms with Crippen LogP contribution in [-0.2, 0) is 0 Å². The summed E-state index contributed by atoms with van der Waals surface area (Å²) in [5, 5.41) is 9.22. The van der Waals surface area contributed by atoms with Crippen LogP contribution in [-0.4, -0.2) is 11.2 Å². The van der Waals surface area contributed by atoms with Gasteiger partial charge in [0.25, 0.3) is 0 Å². The molecule has 0 amide bonds. The Morgan fingerprint density at radius 2 is 2.11 bits per heavy atom. The van der Waals surface area contributed by atoms with E-state index in [0.29, 0.717) is 0 Å². The van der Waals surface area contributed by atoms with Crippen LogP contribution in [0.2, 0.25) is 0 Å². The van der Waals surface area contributed by atoms with Crippen molar-refractivity contribution in [3.8, 4) is 0 Å². The van der Waals surface area contributed by atoms with Crippen LogP contribution < -0.4 is 0 Å². The fourth-order valence-electron chi connectivity index (χ4n) is 0.713. The van der Waals surface area contributed by atoms with Gasteiger partial charge in [-0.3, -0.25) is 0 Å². The molecule has 0 rings (SSSR count). The highest BCUT2D eigenvalue weighted by atomic mass is 16.3. The third-order valence-corrected chi connectivity index (χ3v) is 1.49. The summed E-state index contributed by atoms with van der Waals surface area (Å²) in [6, 6.07) is 0. The molecule has 0 radical (unpaired) electrons. The van der Waals surface area contributed by atoms with E-state index in [1.807, 2.05) is 6.92 Å². The summed E-state index contributed by atoms with van der Waals surface area (Å²) < 4.78 is 0. The Hall–Kier alpha value is -0.300. The molecular formula is C8H16O. The lowest BCUT2D eigenvalue weighted by atomic mass is 10.1. The third kappa shape index (κ3) is 3.31. The van der Waals surface area contributed by atoms with Gasteiger partial charge in [-0.05, 0) is 18.4 Å². The summed E-state index contributed by atoms with van der Waals surface area (Å²) in [6.45, 7) is 7.82. The van der Waals surface area contributed by atoms with Gasteiger partial charge >= 0.3 is 0 Å². The smallest absolute Gasteiger partial charge is 0.0747 e. The number of hydrogen-bond donors (Lipinski definition) is 1. The molecule has 0 bridgehead atoms. The van der Waals surface area contributed by atoms with Crippen LogP contribution >= 0.6 is 0 Å². The minimum Gasteiger partial charge on any atom is -0.389 e. The quantitative estimate of drug-likeness (QED) is 0.575. The molecule has 1 N–H and O–H groups in total. The van der Waals surface area contributed by atoms with E-state index in [2.05, 4.69) is 13.5 Å². The standard InChI is InChI=1S/C8H16O/c1-4-6-8(9)7(3)5-2/h8-9H,3-6H2,1-2H3. The van der Waals surface area contributed by atoms with Crippen LogP contribution in [0.25, 0.3) is 0 Å². The Morgan fingerprint density at radius 1 is 1.56 bits per heavy atom. The van der Waals surface area contributed by atoms with E-state index in [1.165, 1.54) is 0 Å². The molecule has 0 aromatic carbocycles. The Kier molecular flexibility index (Phi) is 4.41. The highest BCUT2D eigenvalue weighted by Gasteiger charge is 2.03. The lowest BCUT2D eigenvalue weighted by Gasteiger charge is -2.09. The fraction of sp³-hybridized carbons (Fsp3) is 0.750. The molecule has 0 fully saturated rings. The van der Waals surface area contributed by atoms with Gasteiger partial charge < -0.3 is 5.11 Å². The summed E-state index contributed by atoms with van der Waals surface area (Å²) in [7, 11) is 0. The van der Waals surface area contributed by atoms with Crippen LogP contribution in [0.1, 0.15) is 33.1 Å². The maximum Gasteiger partial charge on any atom is 0.0747 e. The second kappa shape index (κ2) is 4.57. The lowest BCUT2D eigenvalue weighted by Crippen LogP contribution is -2.07. The number of rotatable bonds is 4. The first-order valence-corrected chi connectivity index (χ1v) is 3.58. The average molecular weight is 128 g/mol. The lowest BCUT2D eigenvalue weighted by molar-refractivity contribution is 0.196. The maximum absolute atomic E-state index is 9.22. The largest absolute Gasteiger partial charge is 0.389 e. The predicted molar refractivity (Wildman–Crippen MR) is 40.3 cm³/mol. The van der Waals surface area contributed by atoms with Gasteiger partial charge in [0.15, 0.2) is 0 Å². The third-order valence-electron chi connectivity index (χ3n) is 1.49. The summed E-state index contributed by atoms with van der Waals surface area (Å²) >= 11 is 0. The van der Waals surface area contributed by atoms with Crippen molar-refractivity contribution in [1.82, 2.24) is 0 Å². The van der Waals surface area contributed by atoms with Gasteiger partial charge in [-0.1, -0.05) is 26.8 Å². The van der Waals surface area contributed by atoms with E-state index < -0.39 is 0 Å². The topological polar surface area (TPSA) is 20.2 Å². The molecule has 1 atom stereocenters. The summed E-state index contributed by atoms with van der Waals surface area (Å²) in [6.07, 6.45) is 2.51. The van der Waals surface area contributed by atoms with Crippen LogP contribution in [0.15, 0.2) is 12.2 Å². The molecule has 9 heavy (non-hydrogen) atoms. The zero-order valence-electron chi connectivity index (χ0n) is 6.35. The normalized spacial score (nSPS) is 13.2. The number of aliphatic hydroxyl groups excluding tert-OH is 1. The minimum absolute atomic E-state index is 0.264. The molecule has 0 saturated carbocycles. The van der Waals surface area contributed by atoms with Crippen LogP contribution in [0.3, 0.4) is 0 Å². The molecule has 1 nitrogen and oxygen atoms in total. The fourth-order valence-corrected chi connectivity index (χ4v) is 0.713. The first-order valence-electron chi connectivity index (χ1n) is 3.58. The Labute approximate surface area is 57.4 Å². The van der Waals surface area contributed by atoms with Gasteiger partial charge in [0, 0.05) is 0 Å². The second-order valence-electron chi connectivity index (χ2n) is 2.32. The van der Waals surface area contributed by atoms with Gasteiger partial charge in [0.1, 0.15) is 0 Å². The van der Waals surface area contributed by atoms with Crippen molar-refractivity contribution in [2.45, 2.75) is 39.2 Å². The van der Waals surface area contributed by atoms with Crippen molar-refractivity contribution in [2.24, 2.45) is 0 Å². The van der Waals surface area contributed by atoms with Gasteiger partial charge in [-0.15, -0.1) is 0 Å². The Morgan fingerprint density at radius 3 is 2.44 bits per heavy atom. The highest BCUT2D eigenvalue weighted by Crippen LogP contribution is 2.08. The molecule has 0 aromatic rings. The van der Waals surface area contributed by atoms with Crippen LogP contribution in [0.4, 0.5) is 0 Å². The van der Waals surface area contributed by atoms with Crippen LogP contribution in [0.5, 0.6) is 0 Å². The molecule has 0 aromatic heterocycles. The van der Waals surface area contributed by atoms with Gasteiger partial charge in [-0.25, -0.2) is 0 Å². The molecule has 0 aliphatic heterocycles. The maximum atomic E-state index is 9.22. The summed E-state index contributed by atoms with van der Waals surface area (Å²) in [5.41, 5.74) is 0.955. The van der Waals surface area contributed by atoms with E-state index in [-0.39, 0.29) is 6.10 Å². The van der Waals surface area contributed by atoms with E-state index in [1.54, 1.807) is 0 Å². The zero-order chi connectivity index (χ0) is 7.28. The van der Waals surface area contributed by atoms with Gasteiger partial charge in [0.2, 0.25) is 0 Å². The van der Waals surface area contributed by atoms with Gasteiger partial charge in [-0.2, -0.15) is 0 Å². The molecular weight excluding hydrogens is 112 g/mol. The molecule has 0 spiro atoms. The van der Waals surface area contributed by atoms with Crippen molar-refractivity contribution in [3.63, 3.8) is 0 Å². The first kappa shape index (κ1) is 8.70. The second-order valence-corrected chi connectivity index (χ2v) is 2.32. The monoisotopic (exact) mass is 128 g/mol. The molecule has 0 aliphatic rings. The van der Waals surface area contributed by atoms with Crippen molar-refractivity contribution in [2.75, 3.05) is 0 Å². The van der Waals surface area contributed by atoms with Crippen molar-refractivity contribution in [3.05, 3.63) is 12.2 Å². The van der Waals surface area contributed by atoms with E-state index in [9.17, 15) is 5.11 Å². The van der Waals surface area contributed by atoms with Crippen molar-refractivity contribution in [1.29, 1.82) is 0 Å². The predicted octanol–water partition coefficient (Wildman–Crippen LogP) is 2.11. The molecule has 0 aliphatic carbocycles. The van der Waals surface area contributed by atoms with Gasteiger partial charge in [0.05, 0.1) is 6.10 Å². The molecule has 0 heterocycles. The van der Waals surface area contributed by atoms with E-state index in [0.717, 1.165) is 24.8 Å². The minimum atomic E-state index is -0.264. The summed E-state index contributed by atoms with van der Waals surface area (Å²) in [5.74, 6) is 0. The summed E-state index contributed by atoms with van der Waals surface area (Å²) in [4.78, 5) is 0. The Balaban J connectivity index is 3.45. The average Bonchev–Trinajstić information content (AvgIpc) is 1.87.